The van der Waals surface area contributed by atoms with Crippen LogP contribution in [0.15, 0.2) is 9.64 Å². The molecule has 17 heavy (non-hydrogen) atoms. The van der Waals surface area contributed by atoms with Crippen molar-refractivity contribution in [3.05, 3.63) is 5.89 Å². The first-order valence-corrected chi connectivity index (χ1v) is 6.91. The zero-order valence-electron chi connectivity index (χ0n) is 9.68. The number of nitrogens with zero attached hydrogens (tertiary/aromatic N) is 2. The van der Waals surface area contributed by atoms with Crippen molar-refractivity contribution in [1.82, 2.24) is 15.5 Å². The van der Waals surface area contributed by atoms with Crippen molar-refractivity contribution < 1.29 is 9.21 Å². The Bertz CT molecular complexity index is 426. The zero-order valence-corrected chi connectivity index (χ0v) is 10.5. The third-order valence-corrected chi connectivity index (χ3v) is 3.85. The van der Waals surface area contributed by atoms with Crippen LogP contribution in [-0.2, 0) is 4.79 Å². The van der Waals surface area contributed by atoms with Crippen LogP contribution in [0.25, 0.3) is 0 Å². The van der Waals surface area contributed by atoms with Gasteiger partial charge in [-0.15, -0.1) is 10.2 Å². The molecule has 0 saturated heterocycles. The molecular weight excluding hydrogens is 238 g/mol. The topological polar surface area (TPSA) is 68.0 Å². The summed E-state index contributed by atoms with van der Waals surface area (Å²) in [7, 11) is 0. The molecule has 0 radical (unpaired) electrons. The van der Waals surface area contributed by atoms with Crippen LogP contribution in [0, 0.1) is 0 Å². The summed E-state index contributed by atoms with van der Waals surface area (Å²) in [5.74, 6) is 1.25. The first kappa shape index (κ1) is 11.1. The molecule has 0 bridgehead atoms. The molecule has 0 aromatic carbocycles. The fourth-order valence-electron chi connectivity index (χ4n) is 1.51. The number of hydrogen-bond donors (Lipinski definition) is 1. The van der Waals surface area contributed by atoms with E-state index in [0.717, 1.165) is 31.6 Å². The zero-order chi connectivity index (χ0) is 11.8. The van der Waals surface area contributed by atoms with Crippen LogP contribution in [0.4, 0.5) is 0 Å². The summed E-state index contributed by atoms with van der Waals surface area (Å²) < 4.78 is 5.51. The second-order valence-electron chi connectivity index (χ2n) is 4.72. The SMILES string of the molecule is C[C@@H](Sc1nnc(C2CC2)o1)C(=O)NC1CC1. The van der Waals surface area contributed by atoms with E-state index in [1.54, 1.807) is 0 Å². The summed E-state index contributed by atoms with van der Waals surface area (Å²) in [6, 6.07) is 0.398. The van der Waals surface area contributed by atoms with Crippen molar-refractivity contribution in [2.75, 3.05) is 0 Å². The van der Waals surface area contributed by atoms with E-state index in [1.165, 1.54) is 11.8 Å². The monoisotopic (exact) mass is 253 g/mol. The summed E-state index contributed by atoms with van der Waals surface area (Å²) >= 11 is 1.34. The fraction of sp³-hybridized carbons (Fsp3) is 0.727. The lowest BCUT2D eigenvalue weighted by atomic mass is 10.4. The van der Waals surface area contributed by atoms with Crippen LogP contribution in [0.5, 0.6) is 0 Å². The Hall–Kier alpha value is -1.04. The van der Waals surface area contributed by atoms with Gasteiger partial charge in [0.05, 0.1) is 5.25 Å². The first-order chi connectivity index (χ1) is 8.22. The molecule has 1 amide bonds. The molecule has 1 aromatic heterocycles. The number of aromatic nitrogens is 2. The van der Waals surface area contributed by atoms with Crippen molar-refractivity contribution in [2.24, 2.45) is 0 Å². The van der Waals surface area contributed by atoms with Gasteiger partial charge in [-0.2, -0.15) is 0 Å². The highest BCUT2D eigenvalue weighted by Gasteiger charge is 2.30. The van der Waals surface area contributed by atoms with Crippen molar-refractivity contribution in [1.29, 1.82) is 0 Å². The number of thioether (sulfide) groups is 1. The van der Waals surface area contributed by atoms with Crippen LogP contribution in [0.2, 0.25) is 0 Å². The van der Waals surface area contributed by atoms with Crippen LogP contribution in [0.3, 0.4) is 0 Å². The van der Waals surface area contributed by atoms with Crippen molar-refractivity contribution >= 4 is 17.7 Å². The number of carbonyl (C=O) groups excluding carboxylic acids is 1. The average molecular weight is 253 g/mol. The van der Waals surface area contributed by atoms with Crippen molar-refractivity contribution in [2.45, 2.75) is 55.0 Å². The van der Waals surface area contributed by atoms with Crippen LogP contribution in [0.1, 0.15) is 44.4 Å². The van der Waals surface area contributed by atoms with E-state index < -0.39 is 0 Å². The smallest absolute Gasteiger partial charge is 0.277 e. The minimum atomic E-state index is -0.178. The van der Waals surface area contributed by atoms with Gasteiger partial charge in [0, 0.05) is 12.0 Å². The Morgan fingerprint density at radius 2 is 2.18 bits per heavy atom. The number of carbonyl (C=O) groups is 1. The lowest BCUT2D eigenvalue weighted by molar-refractivity contribution is -0.120. The molecule has 2 fully saturated rings. The van der Waals surface area contributed by atoms with Gasteiger partial charge in [-0.05, 0) is 32.6 Å². The minimum absolute atomic E-state index is 0.0590. The highest BCUT2D eigenvalue weighted by molar-refractivity contribution is 8.00. The standard InChI is InChI=1S/C11H15N3O2S/c1-6(9(15)12-8-4-5-8)17-11-14-13-10(16-11)7-2-3-7/h6-8H,2-5H2,1H3,(H,12,15)/t6-/m1/s1. The number of hydrogen-bond acceptors (Lipinski definition) is 5. The molecule has 2 saturated carbocycles. The van der Waals surface area contributed by atoms with Gasteiger partial charge in [0.2, 0.25) is 11.8 Å². The van der Waals surface area contributed by atoms with Gasteiger partial charge in [-0.25, -0.2) is 0 Å². The van der Waals surface area contributed by atoms with E-state index in [-0.39, 0.29) is 11.2 Å². The molecule has 1 atom stereocenters. The predicted molar refractivity (Wildman–Crippen MR) is 62.8 cm³/mol. The molecule has 5 nitrogen and oxygen atoms in total. The van der Waals surface area contributed by atoms with E-state index in [9.17, 15) is 4.79 Å². The van der Waals surface area contributed by atoms with Gasteiger partial charge in [0.1, 0.15) is 0 Å². The van der Waals surface area contributed by atoms with Crippen LogP contribution < -0.4 is 5.32 Å². The number of rotatable bonds is 5. The summed E-state index contributed by atoms with van der Waals surface area (Å²) in [6.07, 6.45) is 4.50. The summed E-state index contributed by atoms with van der Waals surface area (Å²) in [5, 5.41) is 11.2. The fourth-order valence-corrected chi connectivity index (χ4v) is 2.21. The van der Waals surface area contributed by atoms with E-state index >= 15 is 0 Å². The first-order valence-electron chi connectivity index (χ1n) is 6.03. The third kappa shape index (κ3) is 2.80. The van der Waals surface area contributed by atoms with Gasteiger partial charge >= 0.3 is 0 Å². The van der Waals surface area contributed by atoms with Crippen LogP contribution in [-0.4, -0.2) is 27.4 Å². The molecule has 1 N–H and O–H groups in total. The normalized spacial score (nSPS) is 21.2. The second-order valence-corrected chi connectivity index (χ2v) is 6.02. The molecule has 1 heterocycles. The second kappa shape index (κ2) is 4.33. The minimum Gasteiger partial charge on any atom is -0.416 e. The molecule has 92 valence electrons. The molecule has 0 spiro atoms. The number of amides is 1. The van der Waals surface area contributed by atoms with E-state index in [0.29, 0.717) is 17.2 Å². The lowest BCUT2D eigenvalue weighted by Crippen LogP contribution is -2.32. The molecule has 0 unspecified atom stereocenters. The van der Waals surface area contributed by atoms with Crippen molar-refractivity contribution in [3.63, 3.8) is 0 Å². The number of nitrogens with one attached hydrogen (secondary N) is 1. The predicted octanol–water partition coefficient (Wildman–Crippen LogP) is 1.71. The van der Waals surface area contributed by atoms with Crippen LogP contribution >= 0.6 is 11.8 Å². The van der Waals surface area contributed by atoms with Gasteiger partial charge < -0.3 is 9.73 Å². The van der Waals surface area contributed by atoms with Gasteiger partial charge in [-0.1, -0.05) is 11.8 Å². The van der Waals surface area contributed by atoms with E-state index in [1.807, 2.05) is 6.92 Å². The molecular formula is C11H15N3O2S. The Morgan fingerprint density at radius 1 is 1.41 bits per heavy atom. The molecule has 0 aliphatic heterocycles. The summed E-state index contributed by atoms with van der Waals surface area (Å²) in [6.45, 7) is 1.86. The maximum absolute atomic E-state index is 11.7. The van der Waals surface area contributed by atoms with Gasteiger partial charge in [0.25, 0.3) is 5.22 Å². The maximum atomic E-state index is 11.7. The molecule has 1 aromatic rings. The van der Waals surface area contributed by atoms with E-state index in [2.05, 4.69) is 15.5 Å². The van der Waals surface area contributed by atoms with Gasteiger partial charge in [-0.3, -0.25) is 4.79 Å². The largest absolute Gasteiger partial charge is 0.416 e. The summed E-state index contributed by atoms with van der Waals surface area (Å²) in [5.41, 5.74) is 0. The highest BCUT2D eigenvalue weighted by Crippen LogP contribution is 2.40. The molecule has 6 heteroatoms. The Kier molecular flexibility index (Phi) is 2.82. The molecule has 2 aliphatic rings. The Morgan fingerprint density at radius 3 is 2.82 bits per heavy atom. The lowest BCUT2D eigenvalue weighted by Gasteiger charge is -2.08. The maximum Gasteiger partial charge on any atom is 0.277 e. The highest BCUT2D eigenvalue weighted by atomic mass is 32.2. The third-order valence-electron chi connectivity index (χ3n) is 2.92. The Labute approximate surface area is 104 Å². The quantitative estimate of drug-likeness (QED) is 0.809. The Balaban J connectivity index is 1.54. The van der Waals surface area contributed by atoms with Gasteiger partial charge in [0.15, 0.2) is 0 Å². The average Bonchev–Trinajstić information content (AvgIpc) is 3.21. The molecule has 2 aliphatic carbocycles. The van der Waals surface area contributed by atoms with Crippen molar-refractivity contribution in [3.8, 4) is 0 Å². The van der Waals surface area contributed by atoms with E-state index in [4.69, 9.17) is 4.42 Å². The summed E-state index contributed by atoms with van der Waals surface area (Å²) in [4.78, 5) is 11.7. The molecule has 3 rings (SSSR count).